The summed E-state index contributed by atoms with van der Waals surface area (Å²) >= 11 is 0. The van der Waals surface area contributed by atoms with Crippen molar-refractivity contribution >= 4 is 5.97 Å². The quantitative estimate of drug-likeness (QED) is 0.653. The molecule has 1 fully saturated rings. The SMILES string of the molecule is CC(C)CC(=O)Oc1ccc(C2(N)COC2)cc1. The van der Waals surface area contributed by atoms with Crippen LogP contribution in [0.15, 0.2) is 24.3 Å². The van der Waals surface area contributed by atoms with E-state index in [-0.39, 0.29) is 11.5 Å². The zero-order valence-electron chi connectivity index (χ0n) is 10.8. The summed E-state index contributed by atoms with van der Waals surface area (Å²) in [6.45, 7) is 5.05. The lowest BCUT2D eigenvalue weighted by molar-refractivity contribution is -0.135. The Morgan fingerprint density at radius 2 is 2.00 bits per heavy atom. The lowest BCUT2D eigenvalue weighted by atomic mass is 9.89. The van der Waals surface area contributed by atoms with E-state index < -0.39 is 0 Å². The Bertz CT molecular complexity index is 421. The van der Waals surface area contributed by atoms with E-state index in [1.165, 1.54) is 0 Å². The van der Waals surface area contributed by atoms with Crippen LogP contribution in [-0.2, 0) is 15.1 Å². The Hall–Kier alpha value is -1.39. The number of rotatable bonds is 4. The Morgan fingerprint density at radius 1 is 1.39 bits per heavy atom. The van der Waals surface area contributed by atoms with Crippen LogP contribution in [0.5, 0.6) is 5.75 Å². The molecular weight excluding hydrogens is 230 g/mol. The van der Waals surface area contributed by atoms with Crippen molar-refractivity contribution in [3.05, 3.63) is 29.8 Å². The molecule has 0 aliphatic carbocycles. The van der Waals surface area contributed by atoms with Crippen molar-refractivity contribution in [2.45, 2.75) is 25.8 Å². The highest BCUT2D eigenvalue weighted by Gasteiger charge is 2.35. The first-order chi connectivity index (χ1) is 8.49. The zero-order valence-corrected chi connectivity index (χ0v) is 10.8. The standard InChI is InChI=1S/C14H19NO3/c1-10(2)7-13(16)18-12-5-3-11(4-6-12)14(15)8-17-9-14/h3-6,10H,7-9,15H2,1-2H3. The summed E-state index contributed by atoms with van der Waals surface area (Å²) in [4.78, 5) is 11.5. The van der Waals surface area contributed by atoms with Gasteiger partial charge in [-0.05, 0) is 23.6 Å². The molecule has 1 aliphatic heterocycles. The summed E-state index contributed by atoms with van der Waals surface area (Å²) in [5.41, 5.74) is 6.75. The lowest BCUT2D eigenvalue weighted by Crippen LogP contribution is -2.54. The fraction of sp³-hybridized carbons (Fsp3) is 0.500. The molecule has 0 saturated carbocycles. The van der Waals surface area contributed by atoms with Gasteiger partial charge in [0.1, 0.15) is 5.75 Å². The van der Waals surface area contributed by atoms with Crippen molar-refractivity contribution in [3.63, 3.8) is 0 Å². The summed E-state index contributed by atoms with van der Waals surface area (Å²) in [6, 6.07) is 7.34. The van der Waals surface area contributed by atoms with E-state index in [9.17, 15) is 4.79 Å². The molecule has 0 unspecified atom stereocenters. The number of benzene rings is 1. The summed E-state index contributed by atoms with van der Waals surface area (Å²) in [5.74, 6) is 0.664. The molecular formula is C14H19NO3. The maximum atomic E-state index is 11.5. The van der Waals surface area contributed by atoms with Crippen molar-refractivity contribution in [1.82, 2.24) is 0 Å². The molecule has 1 heterocycles. The Kier molecular flexibility index (Phi) is 3.68. The number of esters is 1. The molecule has 0 bridgehead atoms. The van der Waals surface area contributed by atoms with Gasteiger partial charge in [0.15, 0.2) is 0 Å². The third-order valence-electron chi connectivity index (χ3n) is 2.96. The second kappa shape index (κ2) is 5.08. The number of hydrogen-bond donors (Lipinski definition) is 1. The molecule has 2 N–H and O–H groups in total. The second-order valence-corrected chi connectivity index (χ2v) is 5.25. The van der Waals surface area contributed by atoms with Gasteiger partial charge in [-0.3, -0.25) is 4.79 Å². The molecule has 0 aromatic heterocycles. The third-order valence-corrected chi connectivity index (χ3v) is 2.96. The zero-order chi connectivity index (χ0) is 13.2. The summed E-state index contributed by atoms with van der Waals surface area (Å²) in [6.07, 6.45) is 0.427. The number of carbonyl (C=O) groups is 1. The van der Waals surface area contributed by atoms with Crippen molar-refractivity contribution < 1.29 is 14.3 Å². The number of hydrogen-bond acceptors (Lipinski definition) is 4. The molecule has 0 atom stereocenters. The first-order valence-electron chi connectivity index (χ1n) is 6.17. The van der Waals surface area contributed by atoms with Crippen LogP contribution >= 0.6 is 0 Å². The average molecular weight is 249 g/mol. The van der Waals surface area contributed by atoms with Crippen molar-refractivity contribution in [2.24, 2.45) is 11.7 Å². The van der Waals surface area contributed by atoms with Gasteiger partial charge < -0.3 is 15.2 Å². The van der Waals surface area contributed by atoms with E-state index in [2.05, 4.69) is 0 Å². The predicted octanol–water partition coefficient (Wildman–Crippen LogP) is 1.82. The molecule has 0 spiro atoms. The molecule has 2 rings (SSSR count). The van der Waals surface area contributed by atoms with Gasteiger partial charge in [-0.2, -0.15) is 0 Å². The maximum absolute atomic E-state index is 11.5. The van der Waals surface area contributed by atoms with E-state index >= 15 is 0 Å². The summed E-state index contributed by atoms with van der Waals surface area (Å²) < 4.78 is 10.4. The molecule has 0 radical (unpaired) electrons. The highest BCUT2D eigenvalue weighted by molar-refractivity contribution is 5.72. The van der Waals surface area contributed by atoms with Gasteiger partial charge >= 0.3 is 5.97 Å². The first-order valence-corrected chi connectivity index (χ1v) is 6.17. The molecule has 98 valence electrons. The summed E-state index contributed by atoms with van der Waals surface area (Å²) in [7, 11) is 0. The van der Waals surface area contributed by atoms with Crippen molar-refractivity contribution in [1.29, 1.82) is 0 Å². The van der Waals surface area contributed by atoms with Gasteiger partial charge in [0, 0.05) is 6.42 Å². The second-order valence-electron chi connectivity index (χ2n) is 5.25. The van der Waals surface area contributed by atoms with Crippen LogP contribution in [0.25, 0.3) is 0 Å². The average Bonchev–Trinajstić information content (AvgIpc) is 2.25. The summed E-state index contributed by atoms with van der Waals surface area (Å²) in [5, 5.41) is 0. The molecule has 18 heavy (non-hydrogen) atoms. The maximum Gasteiger partial charge on any atom is 0.311 e. The minimum absolute atomic E-state index is 0.202. The minimum Gasteiger partial charge on any atom is -0.427 e. The van der Waals surface area contributed by atoms with Crippen LogP contribution in [0.4, 0.5) is 0 Å². The molecule has 1 saturated heterocycles. The van der Waals surface area contributed by atoms with Crippen LogP contribution in [0, 0.1) is 5.92 Å². The number of ether oxygens (including phenoxy) is 2. The van der Waals surface area contributed by atoms with E-state index in [1.807, 2.05) is 26.0 Å². The first kappa shape index (κ1) is 13.1. The van der Waals surface area contributed by atoms with Crippen LogP contribution in [0.2, 0.25) is 0 Å². The fourth-order valence-electron chi connectivity index (χ4n) is 1.85. The third kappa shape index (κ3) is 2.89. The number of carbonyl (C=O) groups excluding carboxylic acids is 1. The van der Waals surface area contributed by atoms with E-state index in [1.54, 1.807) is 12.1 Å². The molecule has 1 aromatic carbocycles. The smallest absolute Gasteiger partial charge is 0.311 e. The van der Waals surface area contributed by atoms with Crippen molar-refractivity contribution in [2.75, 3.05) is 13.2 Å². The van der Waals surface area contributed by atoms with E-state index in [0.717, 1.165) is 5.56 Å². The molecule has 4 nitrogen and oxygen atoms in total. The van der Waals surface area contributed by atoms with E-state index in [0.29, 0.717) is 31.3 Å². The largest absolute Gasteiger partial charge is 0.427 e. The van der Waals surface area contributed by atoms with Gasteiger partial charge in [0.05, 0.1) is 18.8 Å². The fourth-order valence-corrected chi connectivity index (χ4v) is 1.85. The van der Waals surface area contributed by atoms with Crippen LogP contribution < -0.4 is 10.5 Å². The van der Waals surface area contributed by atoms with Crippen LogP contribution in [0.1, 0.15) is 25.8 Å². The Labute approximate surface area is 107 Å². The Morgan fingerprint density at radius 3 is 2.44 bits per heavy atom. The van der Waals surface area contributed by atoms with Crippen molar-refractivity contribution in [3.8, 4) is 5.75 Å². The van der Waals surface area contributed by atoms with Gasteiger partial charge in [-0.15, -0.1) is 0 Å². The van der Waals surface area contributed by atoms with Gasteiger partial charge in [0.2, 0.25) is 0 Å². The molecule has 1 aliphatic rings. The monoisotopic (exact) mass is 249 g/mol. The van der Waals surface area contributed by atoms with Gasteiger partial charge in [0.25, 0.3) is 0 Å². The normalized spacial score (nSPS) is 17.3. The minimum atomic E-state index is -0.375. The lowest BCUT2D eigenvalue weighted by Gasteiger charge is -2.38. The predicted molar refractivity (Wildman–Crippen MR) is 68.2 cm³/mol. The van der Waals surface area contributed by atoms with Gasteiger partial charge in [-0.1, -0.05) is 26.0 Å². The molecule has 0 amide bonds. The topological polar surface area (TPSA) is 61.5 Å². The van der Waals surface area contributed by atoms with Crippen LogP contribution in [0.3, 0.4) is 0 Å². The Balaban J connectivity index is 1.97. The number of nitrogens with two attached hydrogens (primary N) is 1. The highest BCUT2D eigenvalue weighted by Crippen LogP contribution is 2.28. The molecule has 1 aromatic rings. The van der Waals surface area contributed by atoms with Gasteiger partial charge in [-0.25, -0.2) is 0 Å². The van der Waals surface area contributed by atoms with E-state index in [4.69, 9.17) is 15.2 Å². The van der Waals surface area contributed by atoms with Crippen LogP contribution in [-0.4, -0.2) is 19.2 Å². The molecule has 4 heteroatoms. The highest BCUT2D eigenvalue weighted by atomic mass is 16.5.